The lowest BCUT2D eigenvalue weighted by atomic mass is 10.3. The van der Waals surface area contributed by atoms with Crippen LogP contribution in [0, 0.1) is 5.82 Å². The molecule has 0 aliphatic heterocycles. The van der Waals surface area contributed by atoms with Gasteiger partial charge >= 0.3 is 0 Å². The van der Waals surface area contributed by atoms with Crippen LogP contribution in [-0.4, -0.2) is 16.4 Å². The summed E-state index contributed by atoms with van der Waals surface area (Å²) < 4.78 is 21.1. The Hall–Kier alpha value is -1.56. The Kier molecular flexibility index (Phi) is 3.63. The lowest BCUT2D eigenvalue weighted by Gasteiger charge is -2.07. The van der Waals surface area contributed by atoms with Crippen LogP contribution in [0.3, 0.4) is 0 Å². The Morgan fingerprint density at radius 3 is 2.94 bits per heavy atom. The zero-order valence-corrected chi connectivity index (χ0v) is 10.5. The molecule has 0 amide bonds. The smallest absolute Gasteiger partial charge is 0.165 e. The van der Waals surface area contributed by atoms with Crippen molar-refractivity contribution in [1.82, 2.24) is 9.78 Å². The summed E-state index contributed by atoms with van der Waals surface area (Å²) in [7, 11) is 0. The van der Waals surface area contributed by atoms with E-state index in [1.165, 1.54) is 6.07 Å². The molecule has 0 bridgehead atoms. The van der Waals surface area contributed by atoms with Gasteiger partial charge in [0.15, 0.2) is 11.6 Å². The van der Waals surface area contributed by atoms with Gasteiger partial charge in [-0.25, -0.2) is 4.39 Å². The molecule has 1 aromatic heterocycles. The molecule has 0 unspecified atom stereocenters. The summed E-state index contributed by atoms with van der Waals surface area (Å²) in [5.41, 5.74) is 5.47. The molecule has 0 spiro atoms. The minimum absolute atomic E-state index is 0.222. The van der Waals surface area contributed by atoms with E-state index in [1.54, 1.807) is 29.1 Å². The Morgan fingerprint density at radius 1 is 1.41 bits per heavy atom. The average molecular weight is 300 g/mol. The van der Waals surface area contributed by atoms with Crippen molar-refractivity contribution in [2.75, 3.05) is 12.3 Å². The molecule has 6 heteroatoms. The molecular formula is C11H11BrFN3O. The van der Waals surface area contributed by atoms with Crippen LogP contribution < -0.4 is 10.5 Å². The molecule has 17 heavy (non-hydrogen) atoms. The molecule has 2 N–H and O–H groups in total. The van der Waals surface area contributed by atoms with E-state index >= 15 is 0 Å². The first-order valence-corrected chi connectivity index (χ1v) is 5.81. The summed E-state index contributed by atoms with van der Waals surface area (Å²) in [6.45, 7) is 0.845. The van der Waals surface area contributed by atoms with Crippen LogP contribution in [0.2, 0.25) is 0 Å². The first kappa shape index (κ1) is 11.9. The number of halogens is 2. The Labute approximate surface area is 106 Å². The fourth-order valence-electron chi connectivity index (χ4n) is 1.34. The number of nitrogen functional groups attached to an aromatic ring is 1. The van der Waals surface area contributed by atoms with Crippen LogP contribution in [0.25, 0.3) is 0 Å². The van der Waals surface area contributed by atoms with Gasteiger partial charge < -0.3 is 10.5 Å². The van der Waals surface area contributed by atoms with Crippen LogP contribution in [0.4, 0.5) is 10.2 Å². The third kappa shape index (κ3) is 3.20. The summed E-state index contributed by atoms with van der Waals surface area (Å²) in [5, 5.41) is 3.99. The summed E-state index contributed by atoms with van der Waals surface area (Å²) in [6.07, 6.45) is 1.75. The molecule has 1 heterocycles. The van der Waals surface area contributed by atoms with E-state index in [-0.39, 0.29) is 11.6 Å². The first-order chi connectivity index (χ1) is 8.15. The number of hydrogen-bond acceptors (Lipinski definition) is 3. The number of nitrogens with zero attached hydrogens (tertiary/aromatic N) is 2. The SMILES string of the molecule is Nc1ccn(CCOc2cc(Br)ccc2F)n1. The minimum Gasteiger partial charge on any atom is -0.489 e. The Morgan fingerprint density at radius 2 is 2.24 bits per heavy atom. The van der Waals surface area contributed by atoms with Crippen LogP contribution in [0.1, 0.15) is 0 Å². The molecule has 0 fully saturated rings. The highest BCUT2D eigenvalue weighted by Crippen LogP contribution is 2.22. The third-order valence-electron chi connectivity index (χ3n) is 2.13. The van der Waals surface area contributed by atoms with Crippen molar-refractivity contribution in [3.8, 4) is 5.75 Å². The molecule has 0 saturated carbocycles. The van der Waals surface area contributed by atoms with Crippen molar-refractivity contribution in [1.29, 1.82) is 0 Å². The van der Waals surface area contributed by atoms with Crippen molar-refractivity contribution in [2.45, 2.75) is 6.54 Å². The number of benzene rings is 1. The summed E-state index contributed by atoms with van der Waals surface area (Å²) in [4.78, 5) is 0. The van der Waals surface area contributed by atoms with Crippen LogP contribution in [0.5, 0.6) is 5.75 Å². The normalized spacial score (nSPS) is 10.5. The van der Waals surface area contributed by atoms with E-state index in [0.29, 0.717) is 19.0 Å². The predicted molar refractivity (Wildman–Crippen MR) is 66.2 cm³/mol. The molecule has 0 aliphatic rings. The fourth-order valence-corrected chi connectivity index (χ4v) is 1.68. The molecule has 0 radical (unpaired) electrons. The van der Waals surface area contributed by atoms with Gasteiger partial charge in [-0.2, -0.15) is 5.10 Å². The average Bonchev–Trinajstić information content (AvgIpc) is 2.69. The second-order valence-electron chi connectivity index (χ2n) is 3.43. The molecule has 2 rings (SSSR count). The number of aromatic nitrogens is 2. The highest BCUT2D eigenvalue weighted by molar-refractivity contribution is 9.10. The fraction of sp³-hybridized carbons (Fsp3) is 0.182. The van der Waals surface area contributed by atoms with Gasteiger partial charge in [0.2, 0.25) is 0 Å². The van der Waals surface area contributed by atoms with E-state index in [9.17, 15) is 4.39 Å². The maximum Gasteiger partial charge on any atom is 0.165 e. The lowest BCUT2D eigenvalue weighted by Crippen LogP contribution is -2.09. The molecule has 0 atom stereocenters. The zero-order valence-electron chi connectivity index (χ0n) is 8.94. The zero-order chi connectivity index (χ0) is 12.3. The first-order valence-electron chi connectivity index (χ1n) is 5.02. The van der Waals surface area contributed by atoms with Crippen molar-refractivity contribution in [3.63, 3.8) is 0 Å². The van der Waals surface area contributed by atoms with Gasteiger partial charge in [-0.15, -0.1) is 0 Å². The number of nitrogens with two attached hydrogens (primary N) is 1. The monoisotopic (exact) mass is 299 g/mol. The summed E-state index contributed by atoms with van der Waals surface area (Å²) >= 11 is 3.26. The number of ether oxygens (including phenoxy) is 1. The van der Waals surface area contributed by atoms with Crippen LogP contribution >= 0.6 is 15.9 Å². The second kappa shape index (κ2) is 5.18. The molecule has 2 aromatic rings. The van der Waals surface area contributed by atoms with E-state index in [2.05, 4.69) is 21.0 Å². The van der Waals surface area contributed by atoms with Gasteiger partial charge in [0.1, 0.15) is 12.4 Å². The van der Waals surface area contributed by atoms with Gasteiger partial charge in [-0.3, -0.25) is 4.68 Å². The van der Waals surface area contributed by atoms with Gasteiger partial charge in [0, 0.05) is 10.7 Å². The van der Waals surface area contributed by atoms with Gasteiger partial charge in [-0.05, 0) is 24.3 Å². The van der Waals surface area contributed by atoms with Crippen LogP contribution in [-0.2, 0) is 6.54 Å². The quantitative estimate of drug-likeness (QED) is 0.943. The van der Waals surface area contributed by atoms with Crippen molar-refractivity contribution in [2.24, 2.45) is 0 Å². The number of rotatable bonds is 4. The van der Waals surface area contributed by atoms with Crippen molar-refractivity contribution in [3.05, 3.63) is 40.8 Å². The van der Waals surface area contributed by atoms with E-state index in [0.717, 1.165) is 4.47 Å². The van der Waals surface area contributed by atoms with Gasteiger partial charge in [-0.1, -0.05) is 15.9 Å². The molecule has 0 saturated heterocycles. The largest absolute Gasteiger partial charge is 0.489 e. The molecule has 1 aromatic carbocycles. The molecule has 90 valence electrons. The summed E-state index contributed by atoms with van der Waals surface area (Å²) in [6, 6.07) is 6.26. The minimum atomic E-state index is -0.381. The molecular weight excluding hydrogens is 289 g/mol. The number of anilines is 1. The van der Waals surface area contributed by atoms with Gasteiger partial charge in [0.05, 0.1) is 6.54 Å². The van der Waals surface area contributed by atoms with Crippen molar-refractivity contribution >= 4 is 21.7 Å². The number of hydrogen-bond donors (Lipinski definition) is 1. The standard InChI is InChI=1S/C11H11BrFN3O/c12-8-1-2-9(13)10(7-8)17-6-5-16-4-3-11(14)15-16/h1-4,7H,5-6H2,(H2,14,15). The lowest BCUT2D eigenvalue weighted by molar-refractivity contribution is 0.278. The maximum atomic E-state index is 13.3. The summed E-state index contributed by atoms with van der Waals surface area (Å²) in [5.74, 6) is 0.298. The predicted octanol–water partition coefficient (Wildman–Crippen LogP) is 2.45. The highest BCUT2D eigenvalue weighted by atomic mass is 79.9. The second-order valence-corrected chi connectivity index (χ2v) is 4.34. The molecule has 4 nitrogen and oxygen atoms in total. The maximum absolute atomic E-state index is 13.3. The Balaban J connectivity index is 1.91. The van der Waals surface area contributed by atoms with Gasteiger partial charge in [0.25, 0.3) is 0 Å². The topological polar surface area (TPSA) is 53.1 Å². The van der Waals surface area contributed by atoms with Crippen molar-refractivity contribution < 1.29 is 9.13 Å². The third-order valence-corrected chi connectivity index (χ3v) is 2.63. The van der Waals surface area contributed by atoms with Crippen LogP contribution in [0.15, 0.2) is 34.9 Å². The Bertz CT molecular complexity index is 515. The van der Waals surface area contributed by atoms with E-state index in [1.807, 2.05) is 0 Å². The van der Waals surface area contributed by atoms with E-state index < -0.39 is 0 Å². The highest BCUT2D eigenvalue weighted by Gasteiger charge is 2.04. The van der Waals surface area contributed by atoms with E-state index in [4.69, 9.17) is 10.5 Å². The molecule has 0 aliphatic carbocycles.